The second-order valence-electron chi connectivity index (χ2n) is 13.4. The summed E-state index contributed by atoms with van der Waals surface area (Å²) >= 11 is 1.89. The van der Waals surface area contributed by atoms with Crippen LogP contribution >= 0.6 is 11.3 Å². The third-order valence-corrected chi connectivity index (χ3v) is 12.6. The van der Waals surface area contributed by atoms with Crippen molar-refractivity contribution in [1.29, 1.82) is 0 Å². The maximum atomic E-state index is 2.54. The van der Waals surface area contributed by atoms with E-state index in [0.29, 0.717) is 0 Å². The van der Waals surface area contributed by atoms with E-state index in [9.17, 15) is 0 Å². The summed E-state index contributed by atoms with van der Waals surface area (Å²) in [6.07, 6.45) is 7.13. The molecular formula is C40H33NS. The van der Waals surface area contributed by atoms with E-state index in [1.54, 1.807) is 11.1 Å². The minimum atomic E-state index is 0.172. The van der Waals surface area contributed by atoms with Crippen molar-refractivity contribution in [2.75, 3.05) is 4.90 Å². The van der Waals surface area contributed by atoms with Gasteiger partial charge >= 0.3 is 0 Å². The number of fused-ring (bicyclic) bond motifs is 6. The molecular weight excluding hydrogens is 527 g/mol. The van der Waals surface area contributed by atoms with Crippen LogP contribution < -0.4 is 4.90 Å². The average molecular weight is 560 g/mol. The number of anilines is 3. The highest BCUT2D eigenvalue weighted by atomic mass is 32.1. The molecule has 5 aliphatic rings. The maximum absolute atomic E-state index is 2.54. The van der Waals surface area contributed by atoms with Gasteiger partial charge in [-0.15, -0.1) is 11.3 Å². The van der Waals surface area contributed by atoms with Gasteiger partial charge in [0, 0.05) is 42.5 Å². The molecule has 0 aliphatic heterocycles. The molecule has 0 radical (unpaired) electrons. The van der Waals surface area contributed by atoms with Gasteiger partial charge < -0.3 is 4.90 Å². The first-order chi connectivity index (χ1) is 20.8. The van der Waals surface area contributed by atoms with E-state index in [4.69, 9.17) is 0 Å². The molecule has 204 valence electrons. The summed E-state index contributed by atoms with van der Waals surface area (Å²) < 4.78 is 2.71. The van der Waals surface area contributed by atoms with Crippen LogP contribution in [-0.2, 0) is 5.41 Å². The highest BCUT2D eigenvalue weighted by Crippen LogP contribution is 2.70. The van der Waals surface area contributed by atoms with Gasteiger partial charge in [0.25, 0.3) is 0 Å². The van der Waals surface area contributed by atoms with E-state index >= 15 is 0 Å². The third-order valence-electron chi connectivity index (χ3n) is 11.4. The lowest BCUT2D eigenvalue weighted by molar-refractivity contribution is -0.0399. The van der Waals surface area contributed by atoms with E-state index in [1.807, 2.05) is 11.3 Å². The Bertz CT molecular complexity index is 1990. The summed E-state index contributed by atoms with van der Waals surface area (Å²) in [5.41, 5.74) is 10.1. The highest BCUT2D eigenvalue weighted by molar-refractivity contribution is 7.25. The highest BCUT2D eigenvalue weighted by Gasteiger charge is 2.61. The zero-order valence-electron chi connectivity index (χ0n) is 23.7. The fraction of sp³-hybridized carbons (Fsp3) is 0.250. The number of benzene rings is 5. The predicted molar refractivity (Wildman–Crippen MR) is 177 cm³/mol. The molecule has 11 rings (SSSR count). The molecule has 0 atom stereocenters. The van der Waals surface area contributed by atoms with Crippen LogP contribution in [0.4, 0.5) is 17.1 Å². The summed E-state index contributed by atoms with van der Waals surface area (Å²) in [5.74, 6) is 3.44. The van der Waals surface area contributed by atoms with Gasteiger partial charge in [-0.1, -0.05) is 72.8 Å². The lowest BCUT2D eigenvalue weighted by Gasteiger charge is -2.61. The van der Waals surface area contributed by atoms with Gasteiger partial charge in [0.1, 0.15) is 0 Å². The lowest BCUT2D eigenvalue weighted by atomic mass is 9.43. The third kappa shape index (κ3) is 3.04. The second-order valence-corrected chi connectivity index (χ2v) is 14.5. The monoisotopic (exact) mass is 559 g/mol. The summed E-state index contributed by atoms with van der Waals surface area (Å²) in [6, 6.07) is 43.7. The molecule has 6 aromatic rings. The first-order valence-corrected chi connectivity index (χ1v) is 16.6. The first kappa shape index (κ1) is 23.7. The van der Waals surface area contributed by atoms with Crippen LogP contribution in [0, 0.1) is 23.7 Å². The van der Waals surface area contributed by atoms with E-state index in [0.717, 1.165) is 23.7 Å². The quantitative estimate of drug-likeness (QED) is 0.208. The van der Waals surface area contributed by atoms with Crippen LogP contribution in [0.3, 0.4) is 0 Å². The first-order valence-electron chi connectivity index (χ1n) is 15.8. The molecule has 4 saturated carbocycles. The Balaban J connectivity index is 1.24. The minimum Gasteiger partial charge on any atom is -0.310 e. The summed E-state index contributed by atoms with van der Waals surface area (Å²) in [6.45, 7) is 0. The smallest absolute Gasteiger partial charge is 0.0543 e. The largest absolute Gasteiger partial charge is 0.310 e. The van der Waals surface area contributed by atoms with Crippen molar-refractivity contribution >= 4 is 48.6 Å². The standard InChI is InChI=1S/C40H33NS/c1-2-9-29(10-3-1)41(30-17-18-38-33(24-30)31-11-5-7-16-37(31)42-38)36-15-8-14-35-39(36)32-12-4-6-13-34(32)40(35)27-20-25-19-26(22-27)23-28(40)21-25/h1-18,24-28H,19-23H2. The van der Waals surface area contributed by atoms with Gasteiger partial charge in [0.2, 0.25) is 0 Å². The molecule has 1 aromatic heterocycles. The van der Waals surface area contributed by atoms with E-state index in [2.05, 4.69) is 120 Å². The Morgan fingerprint density at radius 2 is 1.24 bits per heavy atom. The average Bonchev–Trinajstić information content (AvgIpc) is 3.54. The normalized spacial score (nSPS) is 26.7. The van der Waals surface area contributed by atoms with Crippen molar-refractivity contribution in [3.05, 3.63) is 126 Å². The molecule has 1 spiro atoms. The Morgan fingerprint density at radius 3 is 2.07 bits per heavy atom. The predicted octanol–water partition coefficient (Wildman–Crippen LogP) is 11.2. The molecule has 4 fully saturated rings. The molecule has 0 N–H and O–H groups in total. The number of nitrogens with zero attached hydrogens (tertiary/aromatic N) is 1. The van der Waals surface area contributed by atoms with Crippen molar-refractivity contribution in [2.45, 2.75) is 37.5 Å². The number of hydrogen-bond donors (Lipinski definition) is 0. The number of hydrogen-bond acceptors (Lipinski definition) is 2. The van der Waals surface area contributed by atoms with Crippen LogP contribution in [0.25, 0.3) is 31.3 Å². The number of thiophene rings is 1. The van der Waals surface area contributed by atoms with Gasteiger partial charge in [0.15, 0.2) is 0 Å². The second kappa shape index (κ2) is 8.58. The summed E-state index contributed by atoms with van der Waals surface area (Å²) in [5, 5.41) is 2.70. The fourth-order valence-corrected chi connectivity index (χ4v) is 11.3. The zero-order chi connectivity index (χ0) is 27.4. The molecule has 2 heteroatoms. The maximum Gasteiger partial charge on any atom is 0.0543 e. The van der Waals surface area contributed by atoms with Crippen molar-refractivity contribution in [3.8, 4) is 11.1 Å². The van der Waals surface area contributed by atoms with Gasteiger partial charge in [-0.2, -0.15) is 0 Å². The molecule has 1 heterocycles. The molecule has 1 nitrogen and oxygen atoms in total. The molecule has 5 aliphatic carbocycles. The molecule has 4 bridgehead atoms. The molecule has 5 aromatic carbocycles. The molecule has 0 saturated heterocycles. The Morgan fingerprint density at radius 1 is 0.548 bits per heavy atom. The van der Waals surface area contributed by atoms with Gasteiger partial charge in [-0.25, -0.2) is 0 Å². The van der Waals surface area contributed by atoms with Crippen molar-refractivity contribution < 1.29 is 0 Å². The van der Waals surface area contributed by atoms with Crippen molar-refractivity contribution in [2.24, 2.45) is 23.7 Å². The van der Waals surface area contributed by atoms with Crippen LogP contribution in [0.2, 0.25) is 0 Å². The summed E-state index contributed by atoms with van der Waals surface area (Å²) in [4.78, 5) is 2.54. The Hall–Kier alpha value is -3.88. The zero-order valence-corrected chi connectivity index (χ0v) is 24.5. The summed E-state index contributed by atoms with van der Waals surface area (Å²) in [7, 11) is 0. The molecule has 0 amide bonds. The minimum absolute atomic E-state index is 0.172. The van der Waals surface area contributed by atoms with Gasteiger partial charge in [-0.05, 0) is 115 Å². The van der Waals surface area contributed by atoms with Gasteiger partial charge in [-0.3, -0.25) is 0 Å². The van der Waals surface area contributed by atoms with Crippen LogP contribution in [0.5, 0.6) is 0 Å². The number of rotatable bonds is 3. The Labute approximate surface area is 251 Å². The molecule has 42 heavy (non-hydrogen) atoms. The fourth-order valence-electron chi connectivity index (χ4n) is 10.2. The van der Waals surface area contributed by atoms with Crippen LogP contribution in [0.1, 0.15) is 43.2 Å². The Kier molecular flexibility index (Phi) is 4.83. The van der Waals surface area contributed by atoms with Crippen molar-refractivity contribution in [3.63, 3.8) is 0 Å². The number of para-hydroxylation sites is 1. The SMILES string of the molecule is c1ccc(N(c2ccc3sc4ccccc4c3c2)c2cccc3c2-c2ccccc2C32C3CC4CC(C3)CC2C4)cc1. The van der Waals surface area contributed by atoms with Crippen LogP contribution in [-0.4, -0.2) is 0 Å². The van der Waals surface area contributed by atoms with E-state index in [-0.39, 0.29) is 5.41 Å². The van der Waals surface area contributed by atoms with E-state index < -0.39 is 0 Å². The lowest BCUT2D eigenvalue weighted by Crippen LogP contribution is -2.55. The van der Waals surface area contributed by atoms with Crippen LogP contribution in [0.15, 0.2) is 115 Å². The molecule has 0 unspecified atom stereocenters. The topological polar surface area (TPSA) is 3.24 Å². The van der Waals surface area contributed by atoms with E-state index in [1.165, 1.54) is 80.5 Å². The van der Waals surface area contributed by atoms with Gasteiger partial charge in [0.05, 0.1) is 5.69 Å². The van der Waals surface area contributed by atoms with Crippen molar-refractivity contribution in [1.82, 2.24) is 0 Å².